The highest BCUT2D eigenvalue weighted by atomic mass is 35.5. The molecule has 0 bridgehead atoms. The normalized spacial score (nSPS) is 11.3. The van der Waals surface area contributed by atoms with Gasteiger partial charge in [-0.3, -0.25) is 4.72 Å². The molecular formula is C10H8Cl2N4O2S. The summed E-state index contributed by atoms with van der Waals surface area (Å²) in [6, 6.07) is 6.05. The summed E-state index contributed by atoms with van der Waals surface area (Å²) in [5.74, 6) is 0. The lowest BCUT2D eigenvalue weighted by atomic mass is 10.3. The number of nitrogen functional groups attached to an aromatic ring is 1. The number of para-hydroxylation sites is 1. The van der Waals surface area contributed by atoms with Gasteiger partial charge in [0, 0.05) is 0 Å². The number of nitrogens with zero attached hydrogens (tertiary/aromatic N) is 2. The summed E-state index contributed by atoms with van der Waals surface area (Å²) < 4.78 is 26.5. The maximum absolute atomic E-state index is 12.1. The van der Waals surface area contributed by atoms with E-state index in [1.54, 1.807) is 12.1 Å². The van der Waals surface area contributed by atoms with Crippen LogP contribution >= 0.6 is 23.2 Å². The minimum Gasteiger partial charge on any atom is -0.398 e. The summed E-state index contributed by atoms with van der Waals surface area (Å²) in [6.07, 6.45) is 1.17. The van der Waals surface area contributed by atoms with Gasteiger partial charge in [-0.2, -0.15) is 0 Å². The summed E-state index contributed by atoms with van der Waals surface area (Å²) in [7, 11) is -3.86. The Bertz CT molecular complexity index is 721. The predicted octanol–water partition coefficient (Wildman–Crippen LogP) is 2.17. The van der Waals surface area contributed by atoms with E-state index in [2.05, 4.69) is 14.7 Å². The molecule has 0 radical (unpaired) electrons. The van der Waals surface area contributed by atoms with E-state index in [4.69, 9.17) is 28.9 Å². The van der Waals surface area contributed by atoms with Crippen LogP contribution in [0.25, 0.3) is 0 Å². The lowest BCUT2D eigenvalue weighted by molar-refractivity contribution is 0.601. The van der Waals surface area contributed by atoms with E-state index in [9.17, 15) is 8.42 Å². The highest BCUT2D eigenvalue weighted by Gasteiger charge is 2.19. The van der Waals surface area contributed by atoms with Crippen LogP contribution in [0.2, 0.25) is 10.4 Å². The minimum atomic E-state index is -3.86. The third-order valence-electron chi connectivity index (χ3n) is 2.17. The molecule has 1 aromatic heterocycles. The van der Waals surface area contributed by atoms with Gasteiger partial charge >= 0.3 is 0 Å². The number of hydrogen-bond donors (Lipinski definition) is 2. The second kappa shape index (κ2) is 5.20. The summed E-state index contributed by atoms with van der Waals surface area (Å²) in [5.41, 5.74) is 5.77. The largest absolute Gasteiger partial charge is 0.398 e. The zero-order valence-electron chi connectivity index (χ0n) is 9.34. The first-order valence-corrected chi connectivity index (χ1v) is 7.19. The van der Waals surface area contributed by atoms with Crippen LogP contribution in [0.4, 0.5) is 11.4 Å². The van der Waals surface area contributed by atoms with Gasteiger partial charge in [0.05, 0.1) is 11.9 Å². The quantitative estimate of drug-likeness (QED) is 0.513. The van der Waals surface area contributed by atoms with E-state index in [-0.39, 0.29) is 26.7 Å². The summed E-state index contributed by atoms with van der Waals surface area (Å²) >= 11 is 11.3. The van der Waals surface area contributed by atoms with Crippen molar-refractivity contribution < 1.29 is 8.42 Å². The molecule has 19 heavy (non-hydrogen) atoms. The SMILES string of the molecule is Nc1ccccc1S(=O)(=O)Nc1cnc(Cl)nc1Cl. The fourth-order valence-corrected chi connectivity index (χ4v) is 2.93. The molecule has 0 saturated carbocycles. The average Bonchev–Trinajstić information content (AvgIpc) is 2.33. The summed E-state index contributed by atoms with van der Waals surface area (Å²) in [5, 5.41) is -0.176. The van der Waals surface area contributed by atoms with Gasteiger partial charge in [-0.25, -0.2) is 18.4 Å². The Morgan fingerprint density at radius 3 is 2.53 bits per heavy atom. The molecule has 0 spiro atoms. The van der Waals surface area contributed by atoms with Gasteiger partial charge in [-0.05, 0) is 23.7 Å². The monoisotopic (exact) mass is 318 g/mol. The predicted molar refractivity (Wildman–Crippen MR) is 73.7 cm³/mol. The molecule has 0 atom stereocenters. The Kier molecular flexibility index (Phi) is 3.79. The fourth-order valence-electron chi connectivity index (χ4n) is 1.33. The Hall–Kier alpha value is -1.57. The van der Waals surface area contributed by atoms with Crippen LogP contribution in [0.1, 0.15) is 0 Å². The topological polar surface area (TPSA) is 98.0 Å². The molecule has 0 amide bonds. The molecule has 0 unspecified atom stereocenters. The van der Waals surface area contributed by atoms with Gasteiger partial charge in [0.1, 0.15) is 10.6 Å². The molecule has 9 heteroatoms. The van der Waals surface area contributed by atoms with E-state index in [1.807, 2.05) is 0 Å². The lowest BCUT2D eigenvalue weighted by Gasteiger charge is -2.10. The molecule has 0 aliphatic heterocycles. The molecule has 0 aliphatic rings. The third-order valence-corrected chi connectivity index (χ3v) is 4.08. The van der Waals surface area contributed by atoms with Crippen molar-refractivity contribution in [2.45, 2.75) is 4.90 Å². The van der Waals surface area contributed by atoms with Crippen molar-refractivity contribution in [2.75, 3.05) is 10.5 Å². The number of hydrogen-bond acceptors (Lipinski definition) is 5. The highest BCUT2D eigenvalue weighted by molar-refractivity contribution is 7.92. The number of halogens is 2. The zero-order chi connectivity index (χ0) is 14.0. The number of anilines is 2. The molecule has 1 aromatic carbocycles. The molecular weight excluding hydrogens is 311 g/mol. The van der Waals surface area contributed by atoms with E-state index in [0.717, 1.165) is 0 Å². The molecule has 6 nitrogen and oxygen atoms in total. The Balaban J connectivity index is 2.40. The van der Waals surface area contributed by atoms with Crippen LogP contribution < -0.4 is 10.5 Å². The van der Waals surface area contributed by atoms with Gasteiger partial charge < -0.3 is 5.73 Å². The third kappa shape index (κ3) is 3.06. The molecule has 0 saturated heterocycles. The number of rotatable bonds is 3. The fraction of sp³-hybridized carbons (Fsp3) is 0. The Labute approximate surface area is 119 Å². The smallest absolute Gasteiger partial charge is 0.264 e. The highest BCUT2D eigenvalue weighted by Crippen LogP contribution is 2.25. The first kappa shape index (κ1) is 13.9. The Morgan fingerprint density at radius 2 is 1.89 bits per heavy atom. The average molecular weight is 319 g/mol. The molecule has 0 fully saturated rings. The zero-order valence-corrected chi connectivity index (χ0v) is 11.7. The Morgan fingerprint density at radius 1 is 1.21 bits per heavy atom. The van der Waals surface area contributed by atoms with Crippen molar-refractivity contribution in [3.05, 3.63) is 40.9 Å². The van der Waals surface area contributed by atoms with Gasteiger partial charge in [0.2, 0.25) is 5.28 Å². The van der Waals surface area contributed by atoms with Gasteiger partial charge in [-0.1, -0.05) is 23.7 Å². The van der Waals surface area contributed by atoms with E-state index in [0.29, 0.717) is 0 Å². The molecule has 1 heterocycles. The summed E-state index contributed by atoms with van der Waals surface area (Å²) in [4.78, 5) is 7.23. The maximum Gasteiger partial charge on any atom is 0.264 e. The van der Waals surface area contributed by atoms with Crippen molar-refractivity contribution in [1.82, 2.24) is 9.97 Å². The van der Waals surface area contributed by atoms with Crippen LogP contribution in [0, 0.1) is 0 Å². The van der Waals surface area contributed by atoms with Crippen molar-refractivity contribution >= 4 is 44.6 Å². The van der Waals surface area contributed by atoms with E-state index >= 15 is 0 Å². The first-order chi connectivity index (χ1) is 8.90. The van der Waals surface area contributed by atoms with Crippen LogP contribution in [0.3, 0.4) is 0 Å². The van der Waals surface area contributed by atoms with E-state index in [1.165, 1.54) is 18.3 Å². The molecule has 2 aromatic rings. The van der Waals surface area contributed by atoms with Crippen LogP contribution in [0.15, 0.2) is 35.4 Å². The second-order valence-electron chi connectivity index (χ2n) is 3.49. The second-order valence-corrected chi connectivity index (χ2v) is 5.83. The molecule has 0 aliphatic carbocycles. The summed E-state index contributed by atoms with van der Waals surface area (Å²) in [6.45, 7) is 0. The van der Waals surface area contributed by atoms with Crippen LogP contribution in [-0.4, -0.2) is 18.4 Å². The maximum atomic E-state index is 12.1. The number of sulfonamides is 1. The van der Waals surface area contributed by atoms with Gasteiger partial charge in [0.25, 0.3) is 10.0 Å². The van der Waals surface area contributed by atoms with Crippen molar-refractivity contribution in [3.8, 4) is 0 Å². The number of benzene rings is 1. The van der Waals surface area contributed by atoms with Crippen molar-refractivity contribution in [3.63, 3.8) is 0 Å². The molecule has 3 N–H and O–H groups in total. The van der Waals surface area contributed by atoms with Gasteiger partial charge in [0.15, 0.2) is 5.15 Å². The number of nitrogens with one attached hydrogen (secondary N) is 1. The standard InChI is InChI=1S/C10H8Cl2N4O2S/c11-9-7(5-14-10(12)15-9)16-19(17,18)8-4-2-1-3-6(8)13/h1-5,16H,13H2. The van der Waals surface area contributed by atoms with Gasteiger partial charge in [-0.15, -0.1) is 0 Å². The van der Waals surface area contributed by atoms with Crippen molar-refractivity contribution in [2.24, 2.45) is 0 Å². The van der Waals surface area contributed by atoms with Crippen LogP contribution in [-0.2, 0) is 10.0 Å². The van der Waals surface area contributed by atoms with Crippen molar-refractivity contribution in [1.29, 1.82) is 0 Å². The number of nitrogens with two attached hydrogens (primary N) is 1. The molecule has 2 rings (SSSR count). The number of aromatic nitrogens is 2. The first-order valence-electron chi connectivity index (χ1n) is 4.95. The minimum absolute atomic E-state index is 0.0225. The van der Waals surface area contributed by atoms with E-state index < -0.39 is 10.0 Å². The molecule has 100 valence electrons. The lowest BCUT2D eigenvalue weighted by Crippen LogP contribution is -2.15. The van der Waals surface area contributed by atoms with Crippen LogP contribution in [0.5, 0.6) is 0 Å².